The SMILES string of the molecule is NCCCNC(=O)c1ccnc(N2CCC3(CCN(c4ccccc4)C3)C2)c1. The van der Waals surface area contributed by atoms with Crippen molar-refractivity contribution in [3.63, 3.8) is 0 Å². The Morgan fingerprint density at radius 2 is 1.86 bits per heavy atom. The first-order chi connectivity index (χ1) is 13.7. The van der Waals surface area contributed by atoms with E-state index in [0.29, 0.717) is 24.1 Å². The molecule has 3 heterocycles. The predicted octanol–water partition coefficient (Wildman–Crippen LogP) is 2.27. The molecule has 2 saturated heterocycles. The van der Waals surface area contributed by atoms with Crippen molar-refractivity contribution in [1.82, 2.24) is 10.3 Å². The van der Waals surface area contributed by atoms with Gasteiger partial charge in [-0.05, 0) is 50.1 Å². The number of carbonyl (C=O) groups is 1. The number of amides is 1. The molecule has 1 amide bonds. The van der Waals surface area contributed by atoms with Crippen molar-refractivity contribution in [3.8, 4) is 0 Å². The number of nitrogens with two attached hydrogens (primary N) is 1. The fourth-order valence-electron chi connectivity index (χ4n) is 4.40. The van der Waals surface area contributed by atoms with Crippen LogP contribution in [0, 0.1) is 5.41 Å². The van der Waals surface area contributed by atoms with E-state index in [2.05, 4.69) is 50.4 Å². The second-order valence-electron chi connectivity index (χ2n) is 7.98. The van der Waals surface area contributed by atoms with Crippen molar-refractivity contribution in [2.24, 2.45) is 11.1 Å². The summed E-state index contributed by atoms with van der Waals surface area (Å²) in [6.07, 6.45) is 4.90. The average Bonchev–Trinajstić information content (AvgIpc) is 3.36. The second-order valence-corrected chi connectivity index (χ2v) is 7.98. The van der Waals surface area contributed by atoms with Gasteiger partial charge in [0, 0.05) is 55.6 Å². The minimum absolute atomic E-state index is 0.0536. The summed E-state index contributed by atoms with van der Waals surface area (Å²) < 4.78 is 0. The van der Waals surface area contributed by atoms with E-state index in [1.807, 2.05) is 6.07 Å². The maximum atomic E-state index is 12.3. The number of pyridine rings is 1. The standard InChI is InChI=1S/C22H29N5O/c23-10-4-11-25-21(28)18-7-12-24-20(15-18)27-14-9-22(17-27)8-13-26(16-22)19-5-2-1-3-6-19/h1-3,5-7,12,15H,4,8-11,13-14,16-17,23H2,(H,25,28). The lowest BCUT2D eigenvalue weighted by Gasteiger charge is -2.26. The third-order valence-corrected chi connectivity index (χ3v) is 6.00. The molecule has 2 aromatic rings. The molecule has 2 aliphatic rings. The number of carbonyl (C=O) groups excluding carboxylic acids is 1. The summed E-state index contributed by atoms with van der Waals surface area (Å²) >= 11 is 0. The molecular weight excluding hydrogens is 350 g/mol. The molecule has 6 heteroatoms. The van der Waals surface area contributed by atoms with Crippen LogP contribution in [0.5, 0.6) is 0 Å². The Kier molecular flexibility index (Phi) is 5.48. The van der Waals surface area contributed by atoms with Crippen LogP contribution in [0.2, 0.25) is 0 Å². The molecule has 1 aromatic carbocycles. The number of benzene rings is 1. The van der Waals surface area contributed by atoms with Crippen LogP contribution in [-0.4, -0.2) is 50.2 Å². The molecule has 2 fully saturated rings. The quantitative estimate of drug-likeness (QED) is 0.753. The average molecular weight is 380 g/mol. The summed E-state index contributed by atoms with van der Waals surface area (Å²) in [7, 11) is 0. The zero-order valence-corrected chi connectivity index (χ0v) is 16.3. The van der Waals surface area contributed by atoms with Gasteiger partial charge in [0.1, 0.15) is 5.82 Å². The number of nitrogens with one attached hydrogen (secondary N) is 1. The Bertz CT molecular complexity index is 812. The summed E-state index contributed by atoms with van der Waals surface area (Å²) in [5, 5.41) is 2.92. The number of rotatable bonds is 6. The van der Waals surface area contributed by atoms with Crippen molar-refractivity contribution in [2.45, 2.75) is 19.3 Å². The number of anilines is 2. The predicted molar refractivity (Wildman–Crippen MR) is 113 cm³/mol. The molecule has 6 nitrogen and oxygen atoms in total. The number of hydrogen-bond acceptors (Lipinski definition) is 5. The van der Waals surface area contributed by atoms with Gasteiger partial charge in [0.05, 0.1) is 0 Å². The molecule has 1 atom stereocenters. The van der Waals surface area contributed by atoms with Crippen molar-refractivity contribution in [1.29, 1.82) is 0 Å². The van der Waals surface area contributed by atoms with Crippen LogP contribution in [0.25, 0.3) is 0 Å². The number of nitrogens with zero attached hydrogens (tertiary/aromatic N) is 3. The van der Waals surface area contributed by atoms with Crippen LogP contribution in [0.4, 0.5) is 11.5 Å². The highest BCUT2D eigenvalue weighted by molar-refractivity contribution is 5.94. The molecular formula is C22H29N5O. The van der Waals surface area contributed by atoms with Gasteiger partial charge in [-0.3, -0.25) is 4.79 Å². The van der Waals surface area contributed by atoms with Crippen LogP contribution >= 0.6 is 0 Å². The summed E-state index contributed by atoms with van der Waals surface area (Å²) in [6, 6.07) is 14.4. The first-order valence-corrected chi connectivity index (χ1v) is 10.2. The lowest BCUT2D eigenvalue weighted by molar-refractivity contribution is 0.0953. The molecule has 0 aliphatic carbocycles. The lowest BCUT2D eigenvalue weighted by Crippen LogP contribution is -2.31. The van der Waals surface area contributed by atoms with Crippen molar-refractivity contribution in [3.05, 3.63) is 54.2 Å². The normalized spacial score (nSPS) is 21.5. The van der Waals surface area contributed by atoms with E-state index < -0.39 is 0 Å². The van der Waals surface area contributed by atoms with Gasteiger partial charge in [-0.1, -0.05) is 18.2 Å². The summed E-state index contributed by atoms with van der Waals surface area (Å²) in [4.78, 5) is 21.7. The highest BCUT2D eigenvalue weighted by Gasteiger charge is 2.43. The topological polar surface area (TPSA) is 74.5 Å². The molecule has 1 aromatic heterocycles. The smallest absolute Gasteiger partial charge is 0.251 e. The van der Waals surface area contributed by atoms with Gasteiger partial charge < -0.3 is 20.9 Å². The van der Waals surface area contributed by atoms with E-state index in [-0.39, 0.29) is 5.91 Å². The fraction of sp³-hybridized carbons (Fsp3) is 0.455. The van der Waals surface area contributed by atoms with Gasteiger partial charge in [-0.25, -0.2) is 4.98 Å². The fourth-order valence-corrected chi connectivity index (χ4v) is 4.40. The maximum Gasteiger partial charge on any atom is 0.251 e. The van der Waals surface area contributed by atoms with Crippen LogP contribution in [0.3, 0.4) is 0 Å². The van der Waals surface area contributed by atoms with E-state index in [1.54, 1.807) is 12.3 Å². The van der Waals surface area contributed by atoms with E-state index in [1.165, 1.54) is 18.5 Å². The molecule has 0 bridgehead atoms. The Hall–Kier alpha value is -2.60. The van der Waals surface area contributed by atoms with Crippen LogP contribution in [0.15, 0.2) is 48.7 Å². The van der Waals surface area contributed by atoms with E-state index in [9.17, 15) is 4.79 Å². The van der Waals surface area contributed by atoms with Gasteiger partial charge in [0.15, 0.2) is 0 Å². The maximum absolute atomic E-state index is 12.3. The Morgan fingerprint density at radius 3 is 2.64 bits per heavy atom. The van der Waals surface area contributed by atoms with Gasteiger partial charge in [-0.2, -0.15) is 0 Å². The number of para-hydroxylation sites is 1. The zero-order chi connectivity index (χ0) is 19.4. The molecule has 0 radical (unpaired) electrons. The highest BCUT2D eigenvalue weighted by atomic mass is 16.1. The third-order valence-electron chi connectivity index (χ3n) is 6.00. The Labute approximate surface area is 166 Å². The second kappa shape index (κ2) is 8.19. The highest BCUT2D eigenvalue weighted by Crippen LogP contribution is 2.42. The molecule has 0 saturated carbocycles. The number of hydrogen-bond donors (Lipinski definition) is 2. The molecule has 3 N–H and O–H groups in total. The molecule has 148 valence electrons. The summed E-state index contributed by atoms with van der Waals surface area (Å²) in [6.45, 7) is 5.38. The van der Waals surface area contributed by atoms with Gasteiger partial charge >= 0.3 is 0 Å². The minimum atomic E-state index is -0.0536. The first kappa shape index (κ1) is 18.7. The van der Waals surface area contributed by atoms with E-state index in [4.69, 9.17) is 5.73 Å². The third kappa shape index (κ3) is 3.97. The molecule has 28 heavy (non-hydrogen) atoms. The van der Waals surface area contributed by atoms with E-state index >= 15 is 0 Å². The minimum Gasteiger partial charge on any atom is -0.371 e. The molecule has 4 rings (SSSR count). The molecule has 1 unspecified atom stereocenters. The number of aromatic nitrogens is 1. The van der Waals surface area contributed by atoms with E-state index in [0.717, 1.165) is 38.4 Å². The zero-order valence-electron chi connectivity index (χ0n) is 16.3. The summed E-state index contributed by atoms with van der Waals surface area (Å²) in [5.41, 5.74) is 7.79. The van der Waals surface area contributed by atoms with Crippen LogP contribution in [0.1, 0.15) is 29.6 Å². The van der Waals surface area contributed by atoms with Gasteiger partial charge in [0.2, 0.25) is 0 Å². The lowest BCUT2D eigenvalue weighted by atomic mass is 9.86. The van der Waals surface area contributed by atoms with Crippen molar-refractivity contribution in [2.75, 3.05) is 49.1 Å². The first-order valence-electron chi connectivity index (χ1n) is 10.2. The van der Waals surface area contributed by atoms with Crippen molar-refractivity contribution >= 4 is 17.4 Å². The molecule has 1 spiro atoms. The van der Waals surface area contributed by atoms with Crippen molar-refractivity contribution < 1.29 is 4.79 Å². The molecule has 2 aliphatic heterocycles. The monoisotopic (exact) mass is 379 g/mol. The summed E-state index contributed by atoms with van der Waals surface area (Å²) in [5.74, 6) is 0.851. The van der Waals surface area contributed by atoms with Crippen LogP contribution < -0.4 is 20.9 Å². The van der Waals surface area contributed by atoms with Gasteiger partial charge in [0.25, 0.3) is 5.91 Å². The van der Waals surface area contributed by atoms with Gasteiger partial charge in [-0.15, -0.1) is 0 Å². The van der Waals surface area contributed by atoms with Crippen LogP contribution in [-0.2, 0) is 0 Å². The Morgan fingerprint density at radius 1 is 1.11 bits per heavy atom. The largest absolute Gasteiger partial charge is 0.371 e. The Balaban J connectivity index is 1.41.